The first-order valence-electron chi connectivity index (χ1n) is 4.60. The number of benzene rings is 1. The highest BCUT2D eigenvalue weighted by molar-refractivity contribution is 9.10. The number of hydrogen-bond acceptors (Lipinski definition) is 3. The molecular formula is C10H12BrNO2. The highest BCUT2D eigenvalue weighted by Gasteiger charge is 2.20. The van der Waals surface area contributed by atoms with Crippen LogP contribution in [0.4, 0.5) is 0 Å². The molecule has 0 bridgehead atoms. The Labute approximate surface area is 91.0 Å². The Bertz CT molecular complexity index is 366. The molecule has 1 heterocycles. The fraction of sp³-hybridized carbons (Fsp3) is 0.400. The van der Waals surface area contributed by atoms with Crippen molar-refractivity contribution in [2.24, 2.45) is 5.73 Å². The molecule has 0 aliphatic carbocycles. The first-order valence-corrected chi connectivity index (χ1v) is 5.39. The Kier molecular flexibility index (Phi) is 2.65. The Morgan fingerprint density at radius 1 is 1.57 bits per heavy atom. The molecule has 1 aliphatic rings. The molecule has 2 rings (SSSR count). The zero-order valence-electron chi connectivity index (χ0n) is 7.72. The third kappa shape index (κ3) is 1.48. The molecule has 1 aliphatic heterocycles. The van der Waals surface area contributed by atoms with Gasteiger partial charge in [-0.2, -0.15) is 0 Å². The molecule has 1 aromatic rings. The molecule has 0 spiro atoms. The predicted molar refractivity (Wildman–Crippen MR) is 57.8 cm³/mol. The molecule has 3 nitrogen and oxygen atoms in total. The van der Waals surface area contributed by atoms with Gasteiger partial charge in [0.25, 0.3) is 0 Å². The van der Waals surface area contributed by atoms with Crippen molar-refractivity contribution in [3.05, 3.63) is 21.7 Å². The first-order chi connectivity index (χ1) is 6.74. The minimum Gasteiger partial charge on any atom is -0.506 e. The van der Waals surface area contributed by atoms with Gasteiger partial charge in [-0.25, -0.2) is 0 Å². The Morgan fingerprint density at radius 3 is 3.07 bits per heavy atom. The molecule has 14 heavy (non-hydrogen) atoms. The van der Waals surface area contributed by atoms with Crippen LogP contribution in [0.2, 0.25) is 0 Å². The van der Waals surface area contributed by atoms with Gasteiger partial charge in [-0.3, -0.25) is 0 Å². The molecule has 76 valence electrons. The predicted octanol–water partition coefficient (Wildman–Crippen LogP) is 1.59. The number of rotatable bonds is 2. The molecule has 0 atom stereocenters. The summed E-state index contributed by atoms with van der Waals surface area (Å²) in [7, 11) is 0. The maximum absolute atomic E-state index is 9.81. The van der Waals surface area contributed by atoms with Gasteiger partial charge in [0.1, 0.15) is 16.0 Å². The summed E-state index contributed by atoms with van der Waals surface area (Å²) in [6.45, 7) is 1.24. The van der Waals surface area contributed by atoms with Crippen molar-refractivity contribution < 1.29 is 9.84 Å². The van der Waals surface area contributed by atoms with Gasteiger partial charge in [-0.05, 0) is 46.1 Å². The molecule has 0 unspecified atom stereocenters. The van der Waals surface area contributed by atoms with E-state index in [9.17, 15) is 5.11 Å². The molecule has 0 saturated heterocycles. The van der Waals surface area contributed by atoms with Gasteiger partial charge < -0.3 is 15.6 Å². The van der Waals surface area contributed by atoms with Crippen LogP contribution < -0.4 is 10.5 Å². The maximum atomic E-state index is 9.81. The molecule has 0 aromatic heterocycles. The molecule has 0 fully saturated rings. The largest absolute Gasteiger partial charge is 0.506 e. The van der Waals surface area contributed by atoms with E-state index in [-0.39, 0.29) is 5.75 Å². The molecule has 0 saturated carbocycles. The van der Waals surface area contributed by atoms with Crippen LogP contribution in [0.1, 0.15) is 11.1 Å². The van der Waals surface area contributed by atoms with E-state index in [0.29, 0.717) is 24.0 Å². The fourth-order valence-corrected chi connectivity index (χ4v) is 2.31. The van der Waals surface area contributed by atoms with E-state index in [1.54, 1.807) is 0 Å². The third-order valence-electron chi connectivity index (χ3n) is 2.38. The highest BCUT2D eigenvalue weighted by atomic mass is 79.9. The third-order valence-corrected chi connectivity index (χ3v) is 3.12. The topological polar surface area (TPSA) is 55.5 Å². The Morgan fingerprint density at radius 2 is 2.36 bits per heavy atom. The van der Waals surface area contributed by atoms with Gasteiger partial charge in [-0.15, -0.1) is 0 Å². The number of nitrogens with two attached hydrogens (primary N) is 1. The zero-order valence-corrected chi connectivity index (χ0v) is 9.30. The number of ether oxygens (including phenoxy) is 1. The molecule has 4 heteroatoms. The summed E-state index contributed by atoms with van der Waals surface area (Å²) in [5.41, 5.74) is 7.51. The smallest absolute Gasteiger partial charge is 0.140 e. The van der Waals surface area contributed by atoms with Crippen LogP contribution in [0, 0.1) is 0 Å². The number of aromatic hydroxyl groups is 1. The minimum absolute atomic E-state index is 0.260. The van der Waals surface area contributed by atoms with Crippen molar-refractivity contribution in [3.8, 4) is 11.5 Å². The van der Waals surface area contributed by atoms with E-state index in [0.717, 1.165) is 23.3 Å². The van der Waals surface area contributed by atoms with Gasteiger partial charge in [0.15, 0.2) is 0 Å². The van der Waals surface area contributed by atoms with E-state index in [1.807, 2.05) is 6.07 Å². The number of phenolic OH excluding ortho intramolecular Hbond substituents is 1. The lowest BCUT2D eigenvalue weighted by molar-refractivity contribution is 0.352. The van der Waals surface area contributed by atoms with Crippen molar-refractivity contribution in [3.63, 3.8) is 0 Å². The van der Waals surface area contributed by atoms with Crippen LogP contribution in [-0.2, 0) is 12.8 Å². The van der Waals surface area contributed by atoms with E-state index in [2.05, 4.69) is 15.9 Å². The summed E-state index contributed by atoms with van der Waals surface area (Å²) in [5.74, 6) is 1.04. The second-order valence-corrected chi connectivity index (χ2v) is 4.12. The van der Waals surface area contributed by atoms with E-state index in [1.165, 1.54) is 0 Å². The number of hydrogen-bond donors (Lipinski definition) is 2. The monoisotopic (exact) mass is 257 g/mol. The molecule has 3 N–H and O–H groups in total. The van der Waals surface area contributed by atoms with Crippen LogP contribution in [0.15, 0.2) is 10.5 Å². The van der Waals surface area contributed by atoms with Crippen molar-refractivity contribution in [1.82, 2.24) is 0 Å². The van der Waals surface area contributed by atoms with Crippen LogP contribution in [-0.4, -0.2) is 18.3 Å². The first kappa shape index (κ1) is 9.80. The van der Waals surface area contributed by atoms with E-state index < -0.39 is 0 Å². The van der Waals surface area contributed by atoms with E-state index in [4.69, 9.17) is 10.5 Å². The molecule has 1 aromatic carbocycles. The van der Waals surface area contributed by atoms with Crippen LogP contribution in [0.5, 0.6) is 11.5 Å². The number of halogens is 1. The molecule has 0 amide bonds. The van der Waals surface area contributed by atoms with Crippen molar-refractivity contribution in [1.29, 1.82) is 0 Å². The second-order valence-electron chi connectivity index (χ2n) is 3.32. The fourth-order valence-electron chi connectivity index (χ4n) is 1.68. The average molecular weight is 258 g/mol. The second kappa shape index (κ2) is 3.79. The van der Waals surface area contributed by atoms with Crippen molar-refractivity contribution >= 4 is 15.9 Å². The Hall–Kier alpha value is -0.740. The zero-order chi connectivity index (χ0) is 10.1. The highest BCUT2D eigenvalue weighted by Crippen LogP contribution is 2.42. The summed E-state index contributed by atoms with van der Waals surface area (Å²) >= 11 is 3.34. The average Bonchev–Trinajstić information content (AvgIpc) is 2.62. The summed E-state index contributed by atoms with van der Waals surface area (Å²) in [6, 6.07) is 1.98. The van der Waals surface area contributed by atoms with Gasteiger partial charge in [-0.1, -0.05) is 0 Å². The van der Waals surface area contributed by atoms with Gasteiger partial charge >= 0.3 is 0 Å². The summed E-state index contributed by atoms with van der Waals surface area (Å²) in [6.07, 6.45) is 1.60. The summed E-state index contributed by atoms with van der Waals surface area (Å²) in [5, 5.41) is 9.81. The van der Waals surface area contributed by atoms with Gasteiger partial charge in [0.05, 0.1) is 6.61 Å². The van der Waals surface area contributed by atoms with Crippen molar-refractivity contribution in [2.75, 3.05) is 13.2 Å². The SMILES string of the molecule is NCCc1cc2c(c(Br)c1O)OCC2. The molecular weight excluding hydrogens is 246 g/mol. The van der Waals surface area contributed by atoms with Crippen LogP contribution >= 0.6 is 15.9 Å². The lowest BCUT2D eigenvalue weighted by Crippen LogP contribution is -2.03. The van der Waals surface area contributed by atoms with E-state index >= 15 is 0 Å². The summed E-state index contributed by atoms with van der Waals surface area (Å²) < 4.78 is 6.07. The number of phenols is 1. The summed E-state index contributed by atoms with van der Waals surface area (Å²) in [4.78, 5) is 0. The normalized spacial score (nSPS) is 13.9. The minimum atomic E-state index is 0.260. The van der Waals surface area contributed by atoms with Crippen LogP contribution in [0.3, 0.4) is 0 Å². The van der Waals surface area contributed by atoms with Crippen LogP contribution in [0.25, 0.3) is 0 Å². The molecule has 0 radical (unpaired) electrons. The lowest BCUT2D eigenvalue weighted by Gasteiger charge is -2.09. The van der Waals surface area contributed by atoms with Gasteiger partial charge in [0, 0.05) is 6.42 Å². The standard InChI is InChI=1S/C10H12BrNO2/c11-8-9(13)6(1-3-12)5-7-2-4-14-10(7)8/h5,13H,1-4,12H2. The van der Waals surface area contributed by atoms with Crippen molar-refractivity contribution in [2.45, 2.75) is 12.8 Å². The quantitative estimate of drug-likeness (QED) is 0.846. The Balaban J connectivity index is 2.49. The number of fused-ring (bicyclic) bond motifs is 1. The lowest BCUT2D eigenvalue weighted by atomic mass is 10.1. The maximum Gasteiger partial charge on any atom is 0.140 e. The van der Waals surface area contributed by atoms with Gasteiger partial charge in [0.2, 0.25) is 0 Å².